The summed E-state index contributed by atoms with van der Waals surface area (Å²) in [5, 5.41) is 9.38. The van der Waals surface area contributed by atoms with Crippen molar-refractivity contribution < 1.29 is 9.90 Å². The molecular formula is C11H14ClN3O2. The summed E-state index contributed by atoms with van der Waals surface area (Å²) in [4.78, 5) is 18.6. The van der Waals surface area contributed by atoms with Gasteiger partial charge in [-0.3, -0.25) is 0 Å². The van der Waals surface area contributed by atoms with Crippen molar-refractivity contribution in [1.82, 2.24) is 9.88 Å². The molecule has 2 heterocycles. The van der Waals surface area contributed by atoms with E-state index in [2.05, 4.69) is 9.88 Å². The van der Waals surface area contributed by atoms with Crippen molar-refractivity contribution in [3.8, 4) is 0 Å². The predicted octanol–water partition coefficient (Wildman–Crippen LogP) is 1.92. The SMILES string of the molecule is C[C@H]1CN(C(=O)O)CCN1c1cccc(Cl)n1. The lowest BCUT2D eigenvalue weighted by Gasteiger charge is -2.39. The van der Waals surface area contributed by atoms with Crippen LogP contribution in [-0.4, -0.2) is 46.8 Å². The Morgan fingerprint density at radius 3 is 2.88 bits per heavy atom. The van der Waals surface area contributed by atoms with Crippen molar-refractivity contribution in [2.45, 2.75) is 13.0 Å². The molecule has 92 valence electrons. The van der Waals surface area contributed by atoms with Crippen molar-refractivity contribution >= 4 is 23.5 Å². The van der Waals surface area contributed by atoms with Crippen LogP contribution in [0.5, 0.6) is 0 Å². The van der Waals surface area contributed by atoms with E-state index in [0.29, 0.717) is 24.8 Å². The highest BCUT2D eigenvalue weighted by molar-refractivity contribution is 6.29. The Labute approximate surface area is 105 Å². The molecule has 2 rings (SSSR count). The van der Waals surface area contributed by atoms with Crippen LogP contribution in [0.15, 0.2) is 18.2 Å². The van der Waals surface area contributed by atoms with Crippen LogP contribution in [0, 0.1) is 0 Å². The number of hydrogen-bond acceptors (Lipinski definition) is 3. The number of pyridine rings is 1. The number of halogens is 1. The standard InChI is InChI=1S/C11H14ClN3O2/c1-8-7-14(11(16)17)5-6-15(8)10-4-2-3-9(12)13-10/h2-4,8H,5-7H2,1H3,(H,16,17)/t8-/m0/s1. The molecule has 0 aromatic carbocycles. The van der Waals surface area contributed by atoms with Gasteiger partial charge in [0.15, 0.2) is 0 Å². The molecule has 1 atom stereocenters. The van der Waals surface area contributed by atoms with E-state index >= 15 is 0 Å². The van der Waals surface area contributed by atoms with E-state index in [1.165, 1.54) is 4.90 Å². The largest absolute Gasteiger partial charge is 0.465 e. The fourth-order valence-corrected chi connectivity index (χ4v) is 2.19. The molecule has 0 saturated carbocycles. The van der Waals surface area contributed by atoms with Crippen LogP contribution in [0.2, 0.25) is 5.15 Å². The van der Waals surface area contributed by atoms with Gasteiger partial charge >= 0.3 is 6.09 Å². The molecule has 0 unspecified atom stereocenters. The van der Waals surface area contributed by atoms with Gasteiger partial charge in [0.25, 0.3) is 0 Å². The number of amides is 1. The number of aromatic nitrogens is 1. The lowest BCUT2D eigenvalue weighted by atomic mass is 10.2. The number of rotatable bonds is 1. The number of nitrogens with zero attached hydrogens (tertiary/aromatic N) is 3. The van der Waals surface area contributed by atoms with Crippen molar-refractivity contribution in [1.29, 1.82) is 0 Å². The minimum Gasteiger partial charge on any atom is -0.465 e. The Bertz CT molecular complexity index is 427. The third-order valence-corrected chi connectivity index (χ3v) is 3.10. The zero-order chi connectivity index (χ0) is 12.4. The molecule has 17 heavy (non-hydrogen) atoms. The summed E-state index contributed by atoms with van der Waals surface area (Å²) >= 11 is 5.85. The maximum atomic E-state index is 10.9. The maximum Gasteiger partial charge on any atom is 0.407 e. The van der Waals surface area contributed by atoms with Crippen LogP contribution in [0.3, 0.4) is 0 Å². The monoisotopic (exact) mass is 255 g/mol. The maximum absolute atomic E-state index is 10.9. The van der Waals surface area contributed by atoms with Crippen LogP contribution < -0.4 is 4.90 Å². The third kappa shape index (κ3) is 2.61. The molecule has 1 aliphatic rings. The molecule has 1 aliphatic heterocycles. The van der Waals surface area contributed by atoms with Crippen LogP contribution in [0.25, 0.3) is 0 Å². The van der Waals surface area contributed by atoms with Gasteiger partial charge in [-0.25, -0.2) is 9.78 Å². The molecular weight excluding hydrogens is 242 g/mol. The molecule has 1 aromatic rings. The van der Waals surface area contributed by atoms with Gasteiger partial charge in [-0.1, -0.05) is 17.7 Å². The fraction of sp³-hybridized carbons (Fsp3) is 0.455. The Kier molecular flexibility index (Phi) is 3.38. The number of piperazine rings is 1. The minimum atomic E-state index is -0.865. The van der Waals surface area contributed by atoms with Gasteiger partial charge in [-0.2, -0.15) is 0 Å². The molecule has 1 amide bonds. The van der Waals surface area contributed by atoms with E-state index < -0.39 is 6.09 Å². The highest BCUT2D eigenvalue weighted by Gasteiger charge is 2.27. The summed E-state index contributed by atoms with van der Waals surface area (Å²) in [7, 11) is 0. The predicted molar refractivity (Wildman–Crippen MR) is 65.7 cm³/mol. The second-order valence-corrected chi connectivity index (χ2v) is 4.48. The minimum absolute atomic E-state index is 0.103. The first kappa shape index (κ1) is 12.0. The van der Waals surface area contributed by atoms with E-state index in [9.17, 15) is 4.79 Å². The zero-order valence-corrected chi connectivity index (χ0v) is 10.3. The fourth-order valence-electron chi connectivity index (χ4n) is 2.03. The molecule has 0 spiro atoms. The van der Waals surface area contributed by atoms with Crippen LogP contribution in [0.1, 0.15) is 6.92 Å². The van der Waals surface area contributed by atoms with E-state index in [-0.39, 0.29) is 6.04 Å². The van der Waals surface area contributed by atoms with Gasteiger partial charge in [0.2, 0.25) is 0 Å². The Morgan fingerprint density at radius 1 is 1.53 bits per heavy atom. The highest BCUT2D eigenvalue weighted by Crippen LogP contribution is 2.20. The number of anilines is 1. The van der Waals surface area contributed by atoms with E-state index in [0.717, 1.165) is 5.82 Å². The first-order valence-corrected chi connectivity index (χ1v) is 5.83. The van der Waals surface area contributed by atoms with Crippen LogP contribution in [0.4, 0.5) is 10.6 Å². The lowest BCUT2D eigenvalue weighted by Crippen LogP contribution is -2.53. The normalized spacial score (nSPS) is 20.5. The molecule has 1 saturated heterocycles. The smallest absolute Gasteiger partial charge is 0.407 e. The lowest BCUT2D eigenvalue weighted by molar-refractivity contribution is 0.136. The number of hydrogen-bond donors (Lipinski definition) is 1. The highest BCUT2D eigenvalue weighted by atomic mass is 35.5. The molecule has 0 bridgehead atoms. The molecule has 1 N–H and O–H groups in total. The van der Waals surface area contributed by atoms with Gasteiger partial charge in [-0.05, 0) is 19.1 Å². The molecule has 6 heteroatoms. The molecule has 1 aromatic heterocycles. The topological polar surface area (TPSA) is 56.7 Å². The summed E-state index contributed by atoms with van der Waals surface area (Å²) < 4.78 is 0. The first-order valence-electron chi connectivity index (χ1n) is 5.45. The Morgan fingerprint density at radius 2 is 2.29 bits per heavy atom. The molecule has 1 fully saturated rings. The summed E-state index contributed by atoms with van der Waals surface area (Å²) in [6.07, 6.45) is -0.865. The zero-order valence-electron chi connectivity index (χ0n) is 9.51. The Hall–Kier alpha value is -1.49. The Balaban J connectivity index is 2.12. The van der Waals surface area contributed by atoms with Crippen molar-refractivity contribution in [3.05, 3.63) is 23.4 Å². The quantitative estimate of drug-likeness (QED) is 0.779. The molecule has 5 nitrogen and oxygen atoms in total. The van der Waals surface area contributed by atoms with E-state index in [1.807, 2.05) is 19.1 Å². The van der Waals surface area contributed by atoms with Crippen molar-refractivity contribution in [3.63, 3.8) is 0 Å². The van der Waals surface area contributed by atoms with Gasteiger partial charge in [0.05, 0.1) is 0 Å². The summed E-state index contributed by atoms with van der Waals surface area (Å²) in [6, 6.07) is 5.56. The van der Waals surface area contributed by atoms with Crippen LogP contribution >= 0.6 is 11.6 Å². The van der Waals surface area contributed by atoms with E-state index in [4.69, 9.17) is 16.7 Å². The second kappa shape index (κ2) is 4.79. The second-order valence-electron chi connectivity index (χ2n) is 4.09. The van der Waals surface area contributed by atoms with Gasteiger partial charge < -0.3 is 14.9 Å². The van der Waals surface area contributed by atoms with Crippen LogP contribution in [-0.2, 0) is 0 Å². The summed E-state index contributed by atoms with van der Waals surface area (Å²) in [6.45, 7) is 3.61. The van der Waals surface area contributed by atoms with Gasteiger partial charge in [-0.15, -0.1) is 0 Å². The molecule has 0 radical (unpaired) electrons. The number of carboxylic acid groups (broad SMARTS) is 1. The third-order valence-electron chi connectivity index (χ3n) is 2.89. The summed E-state index contributed by atoms with van der Waals surface area (Å²) in [5.41, 5.74) is 0. The van der Waals surface area contributed by atoms with Crippen molar-refractivity contribution in [2.75, 3.05) is 24.5 Å². The number of carbonyl (C=O) groups is 1. The first-order chi connectivity index (χ1) is 8.08. The van der Waals surface area contributed by atoms with E-state index in [1.54, 1.807) is 6.07 Å². The average Bonchev–Trinajstić information content (AvgIpc) is 2.28. The average molecular weight is 256 g/mol. The molecule has 0 aliphatic carbocycles. The van der Waals surface area contributed by atoms with Gasteiger partial charge in [0.1, 0.15) is 11.0 Å². The van der Waals surface area contributed by atoms with Crippen molar-refractivity contribution in [2.24, 2.45) is 0 Å². The van der Waals surface area contributed by atoms with Gasteiger partial charge in [0, 0.05) is 25.7 Å². The summed E-state index contributed by atoms with van der Waals surface area (Å²) in [5.74, 6) is 0.801.